The first-order valence-electron chi connectivity index (χ1n) is 6.92. The maximum atomic E-state index is 12.2. The lowest BCUT2D eigenvalue weighted by Gasteiger charge is -2.14. The van der Waals surface area contributed by atoms with Gasteiger partial charge in [-0.1, -0.05) is 12.1 Å². The molecule has 0 saturated carbocycles. The van der Waals surface area contributed by atoms with Crippen molar-refractivity contribution < 1.29 is 0 Å². The second-order valence-corrected chi connectivity index (χ2v) is 5.08. The molecule has 0 amide bonds. The number of aryl methyl sites for hydroxylation is 2. The van der Waals surface area contributed by atoms with Crippen molar-refractivity contribution in [3.8, 4) is 11.5 Å². The van der Waals surface area contributed by atoms with E-state index in [1.807, 2.05) is 19.9 Å². The Hall–Kier alpha value is -2.95. The molecule has 3 aromatic rings. The molecule has 5 heteroatoms. The molecule has 0 aliphatic rings. The Labute approximate surface area is 127 Å². The number of nitrogens with zero attached hydrogens (tertiary/aromatic N) is 3. The van der Waals surface area contributed by atoms with Crippen molar-refractivity contribution in [3.05, 3.63) is 86.8 Å². The number of pyridine rings is 3. The van der Waals surface area contributed by atoms with Crippen LogP contribution in [0.25, 0.3) is 11.5 Å². The second kappa shape index (κ2) is 5.44. The van der Waals surface area contributed by atoms with Gasteiger partial charge in [-0.05, 0) is 31.5 Å². The van der Waals surface area contributed by atoms with Gasteiger partial charge >= 0.3 is 0 Å². The summed E-state index contributed by atoms with van der Waals surface area (Å²) in [5, 5.41) is 0. The lowest BCUT2D eigenvalue weighted by Crippen LogP contribution is -2.21. The van der Waals surface area contributed by atoms with Crippen LogP contribution in [0, 0.1) is 13.8 Å². The molecule has 0 aromatic carbocycles. The third kappa shape index (κ3) is 2.37. The van der Waals surface area contributed by atoms with Crippen LogP contribution in [0.2, 0.25) is 0 Å². The third-order valence-electron chi connectivity index (χ3n) is 3.52. The fraction of sp³-hybridized carbons (Fsp3) is 0.118. The highest BCUT2D eigenvalue weighted by Gasteiger charge is 2.09. The van der Waals surface area contributed by atoms with E-state index in [9.17, 15) is 9.59 Å². The molecular formula is C17H15N3O2. The van der Waals surface area contributed by atoms with E-state index in [4.69, 9.17) is 0 Å². The van der Waals surface area contributed by atoms with Crippen molar-refractivity contribution >= 4 is 0 Å². The Morgan fingerprint density at radius 3 is 2.45 bits per heavy atom. The predicted molar refractivity (Wildman–Crippen MR) is 84.9 cm³/mol. The molecule has 0 spiro atoms. The van der Waals surface area contributed by atoms with E-state index in [0.717, 1.165) is 16.9 Å². The number of hydrogen-bond donors (Lipinski definition) is 0. The van der Waals surface area contributed by atoms with Crippen molar-refractivity contribution in [2.75, 3.05) is 0 Å². The molecule has 3 rings (SSSR count). The Balaban J connectivity index is 2.27. The van der Waals surface area contributed by atoms with E-state index < -0.39 is 0 Å². The zero-order valence-corrected chi connectivity index (χ0v) is 12.4. The highest BCUT2D eigenvalue weighted by Crippen LogP contribution is 2.16. The minimum Gasteiger partial charge on any atom is -0.281 e. The van der Waals surface area contributed by atoms with Gasteiger partial charge in [0.25, 0.3) is 11.1 Å². The Bertz CT molecular complexity index is 954. The van der Waals surface area contributed by atoms with Crippen LogP contribution in [0.5, 0.6) is 0 Å². The van der Waals surface area contributed by atoms with Crippen LogP contribution in [0.1, 0.15) is 11.3 Å². The van der Waals surface area contributed by atoms with Gasteiger partial charge in [0.15, 0.2) is 0 Å². The van der Waals surface area contributed by atoms with E-state index in [1.54, 1.807) is 41.2 Å². The highest BCUT2D eigenvalue weighted by molar-refractivity contribution is 5.45. The normalized spacial score (nSPS) is 10.6. The predicted octanol–water partition coefficient (Wildman–Crippen LogP) is 2.00. The summed E-state index contributed by atoms with van der Waals surface area (Å²) < 4.78 is 3.07. The standard InChI is InChI=1S/C17H15N3O2/c1-12-11-18-15(19-9-4-3-7-16(19)21)10-14(12)20-13(2)6-5-8-17(20)22/h3-11H,1-2H3. The fourth-order valence-electron chi connectivity index (χ4n) is 2.39. The molecule has 0 N–H and O–H groups in total. The Kier molecular flexibility index (Phi) is 3.47. The van der Waals surface area contributed by atoms with E-state index in [2.05, 4.69) is 4.98 Å². The van der Waals surface area contributed by atoms with Gasteiger partial charge in [-0.15, -0.1) is 0 Å². The van der Waals surface area contributed by atoms with Crippen LogP contribution in [-0.2, 0) is 0 Å². The van der Waals surface area contributed by atoms with Gasteiger partial charge in [-0.3, -0.25) is 18.7 Å². The largest absolute Gasteiger partial charge is 0.281 e. The summed E-state index contributed by atoms with van der Waals surface area (Å²) in [4.78, 5) is 28.4. The molecule has 3 aromatic heterocycles. The molecular weight excluding hydrogens is 278 g/mol. The summed E-state index contributed by atoms with van der Waals surface area (Å²) in [6.45, 7) is 3.76. The SMILES string of the molecule is Cc1cnc(-n2ccccc2=O)cc1-n1c(C)cccc1=O. The average molecular weight is 293 g/mol. The van der Waals surface area contributed by atoms with Crippen molar-refractivity contribution in [1.29, 1.82) is 0 Å². The van der Waals surface area contributed by atoms with E-state index in [1.165, 1.54) is 16.7 Å². The van der Waals surface area contributed by atoms with Crippen LogP contribution < -0.4 is 11.1 Å². The van der Waals surface area contributed by atoms with Gasteiger partial charge in [0.1, 0.15) is 5.82 Å². The molecule has 5 nitrogen and oxygen atoms in total. The Morgan fingerprint density at radius 2 is 1.73 bits per heavy atom. The van der Waals surface area contributed by atoms with E-state index in [-0.39, 0.29) is 11.1 Å². The molecule has 3 heterocycles. The zero-order valence-electron chi connectivity index (χ0n) is 12.4. The first-order valence-corrected chi connectivity index (χ1v) is 6.92. The number of aromatic nitrogens is 3. The van der Waals surface area contributed by atoms with Crippen molar-refractivity contribution in [2.45, 2.75) is 13.8 Å². The smallest absolute Gasteiger partial charge is 0.256 e. The van der Waals surface area contributed by atoms with Gasteiger partial charge in [-0.2, -0.15) is 0 Å². The molecule has 0 fully saturated rings. The number of rotatable bonds is 2. The fourth-order valence-corrected chi connectivity index (χ4v) is 2.39. The van der Waals surface area contributed by atoms with Gasteiger partial charge < -0.3 is 0 Å². The van der Waals surface area contributed by atoms with Gasteiger partial charge in [0.2, 0.25) is 0 Å². The van der Waals surface area contributed by atoms with Crippen molar-refractivity contribution in [3.63, 3.8) is 0 Å². The molecule has 0 atom stereocenters. The summed E-state index contributed by atoms with van der Waals surface area (Å²) in [5.41, 5.74) is 2.14. The van der Waals surface area contributed by atoms with Crippen LogP contribution >= 0.6 is 0 Å². The van der Waals surface area contributed by atoms with E-state index in [0.29, 0.717) is 5.82 Å². The summed E-state index contributed by atoms with van der Waals surface area (Å²) >= 11 is 0. The molecule has 110 valence electrons. The quantitative estimate of drug-likeness (QED) is 0.726. The zero-order chi connectivity index (χ0) is 15.7. The lowest BCUT2D eigenvalue weighted by molar-refractivity contribution is 0.892. The molecule has 0 radical (unpaired) electrons. The van der Waals surface area contributed by atoms with Crippen molar-refractivity contribution in [1.82, 2.24) is 14.1 Å². The number of hydrogen-bond acceptors (Lipinski definition) is 3. The molecule has 0 bridgehead atoms. The topological polar surface area (TPSA) is 56.9 Å². The maximum Gasteiger partial charge on any atom is 0.256 e. The van der Waals surface area contributed by atoms with Crippen LogP contribution in [0.15, 0.2) is 64.4 Å². The van der Waals surface area contributed by atoms with Gasteiger partial charge in [0, 0.05) is 36.3 Å². The molecule has 0 aliphatic heterocycles. The van der Waals surface area contributed by atoms with Crippen LogP contribution in [-0.4, -0.2) is 14.1 Å². The lowest BCUT2D eigenvalue weighted by atomic mass is 10.2. The minimum atomic E-state index is -0.165. The maximum absolute atomic E-state index is 12.2. The molecule has 22 heavy (non-hydrogen) atoms. The summed E-state index contributed by atoms with van der Waals surface area (Å²) in [7, 11) is 0. The first kappa shape index (κ1) is 14.0. The Morgan fingerprint density at radius 1 is 0.955 bits per heavy atom. The van der Waals surface area contributed by atoms with Crippen molar-refractivity contribution in [2.24, 2.45) is 0 Å². The minimum absolute atomic E-state index is 0.111. The molecule has 0 saturated heterocycles. The van der Waals surface area contributed by atoms with Crippen LogP contribution in [0.4, 0.5) is 0 Å². The summed E-state index contributed by atoms with van der Waals surface area (Å²) in [6.07, 6.45) is 3.33. The summed E-state index contributed by atoms with van der Waals surface area (Å²) in [5.74, 6) is 0.487. The second-order valence-electron chi connectivity index (χ2n) is 5.08. The first-order chi connectivity index (χ1) is 10.6. The average Bonchev–Trinajstić information content (AvgIpc) is 2.49. The van der Waals surface area contributed by atoms with Gasteiger partial charge in [-0.25, -0.2) is 4.98 Å². The third-order valence-corrected chi connectivity index (χ3v) is 3.52. The molecule has 0 unspecified atom stereocenters. The van der Waals surface area contributed by atoms with Gasteiger partial charge in [0.05, 0.1) is 5.69 Å². The van der Waals surface area contributed by atoms with Crippen LogP contribution in [0.3, 0.4) is 0 Å². The molecule has 0 aliphatic carbocycles. The van der Waals surface area contributed by atoms with E-state index >= 15 is 0 Å². The highest BCUT2D eigenvalue weighted by atomic mass is 16.1. The summed E-state index contributed by atoms with van der Waals surface area (Å²) in [6, 6.07) is 11.8. The monoisotopic (exact) mass is 293 g/mol.